The molecular formula is C4H9NO8S3. The minimum Gasteiger partial charge on any atom is -0.261 e. The highest BCUT2D eigenvalue weighted by atomic mass is 32.3. The van der Waals surface area contributed by atoms with Crippen LogP contribution in [-0.4, -0.2) is 52.5 Å². The lowest BCUT2D eigenvalue weighted by Crippen LogP contribution is -2.57. The highest BCUT2D eigenvalue weighted by Crippen LogP contribution is 2.30. The Morgan fingerprint density at radius 3 is 1.00 bits per heavy atom. The predicted molar refractivity (Wildman–Crippen MR) is 54.3 cm³/mol. The third-order valence-electron chi connectivity index (χ3n) is 1.63. The van der Waals surface area contributed by atoms with Crippen LogP contribution in [0, 0.1) is 10.1 Å². The van der Waals surface area contributed by atoms with Gasteiger partial charge in [0, 0.05) is 18.8 Å². The maximum Gasteiger partial charge on any atom is 0.511 e. The number of sulfone groups is 3. The number of rotatable bonds is 4. The molecule has 0 unspecified atom stereocenters. The van der Waals surface area contributed by atoms with Gasteiger partial charge in [0.25, 0.3) is 0 Å². The molecule has 96 valence electrons. The van der Waals surface area contributed by atoms with Crippen molar-refractivity contribution in [3.63, 3.8) is 0 Å². The summed E-state index contributed by atoms with van der Waals surface area (Å²) in [6.07, 6.45) is 0.535. The molecule has 0 aliphatic carbocycles. The van der Waals surface area contributed by atoms with Crippen LogP contribution in [-0.2, 0) is 29.5 Å². The number of hydrogen-bond donors (Lipinski definition) is 0. The van der Waals surface area contributed by atoms with Gasteiger partial charge in [0.2, 0.25) is 29.5 Å². The second-order valence-corrected chi connectivity index (χ2v) is 10.3. The molecular weight excluding hydrogens is 286 g/mol. The average molecular weight is 295 g/mol. The van der Waals surface area contributed by atoms with Gasteiger partial charge in [-0.15, -0.1) is 0 Å². The summed E-state index contributed by atoms with van der Waals surface area (Å²) in [6, 6.07) is 0. The van der Waals surface area contributed by atoms with Gasteiger partial charge < -0.3 is 0 Å². The Kier molecular flexibility index (Phi) is 3.46. The highest BCUT2D eigenvalue weighted by molar-refractivity contribution is 8.24. The van der Waals surface area contributed by atoms with Crippen molar-refractivity contribution in [2.75, 3.05) is 18.8 Å². The second-order valence-electron chi connectivity index (χ2n) is 3.10. The van der Waals surface area contributed by atoms with Crippen LogP contribution in [0.2, 0.25) is 0 Å². The topological polar surface area (TPSA) is 146 Å². The molecule has 0 aromatic heterocycles. The molecule has 9 nitrogen and oxygen atoms in total. The first-order valence-corrected chi connectivity index (χ1v) is 9.10. The van der Waals surface area contributed by atoms with E-state index in [1.54, 1.807) is 0 Å². The Hall–Kier alpha value is -0.750. The smallest absolute Gasteiger partial charge is 0.261 e. The molecule has 0 fully saturated rings. The molecule has 16 heavy (non-hydrogen) atoms. The zero-order valence-electron chi connectivity index (χ0n) is 8.44. The van der Waals surface area contributed by atoms with E-state index in [9.17, 15) is 35.4 Å². The number of hydrogen-bond acceptors (Lipinski definition) is 8. The van der Waals surface area contributed by atoms with E-state index >= 15 is 0 Å². The summed E-state index contributed by atoms with van der Waals surface area (Å²) in [6.45, 7) is 0. The molecule has 0 radical (unpaired) electrons. The fourth-order valence-corrected chi connectivity index (χ4v) is 8.64. The second kappa shape index (κ2) is 3.63. The first-order chi connectivity index (χ1) is 6.69. The zero-order valence-corrected chi connectivity index (χ0v) is 10.9. The lowest BCUT2D eigenvalue weighted by molar-refractivity contribution is -0.488. The van der Waals surface area contributed by atoms with E-state index in [4.69, 9.17) is 0 Å². The van der Waals surface area contributed by atoms with Crippen LogP contribution in [0.5, 0.6) is 0 Å². The summed E-state index contributed by atoms with van der Waals surface area (Å²) in [5.74, 6) is 0. The van der Waals surface area contributed by atoms with Gasteiger partial charge in [0.1, 0.15) is 0 Å². The number of nitro groups is 1. The van der Waals surface area contributed by atoms with E-state index in [2.05, 4.69) is 0 Å². The SMILES string of the molecule is CS(=O)(=O)C([N+](=O)[O-])(S(C)(=O)=O)S(C)(=O)=O. The summed E-state index contributed by atoms with van der Waals surface area (Å²) >= 11 is 0. The molecule has 0 spiro atoms. The van der Waals surface area contributed by atoms with Gasteiger partial charge >= 0.3 is 3.54 Å². The van der Waals surface area contributed by atoms with E-state index in [0.717, 1.165) is 0 Å². The monoisotopic (exact) mass is 295 g/mol. The Bertz CT molecular complexity index is 529. The van der Waals surface area contributed by atoms with Crippen molar-refractivity contribution in [2.45, 2.75) is 3.54 Å². The Morgan fingerprint density at radius 1 is 0.812 bits per heavy atom. The first kappa shape index (κ1) is 15.2. The van der Waals surface area contributed by atoms with Crippen LogP contribution in [0.3, 0.4) is 0 Å². The van der Waals surface area contributed by atoms with E-state index < -0.39 is 38.0 Å². The van der Waals surface area contributed by atoms with Crippen molar-refractivity contribution in [2.24, 2.45) is 0 Å². The Labute approximate surface area is 92.4 Å². The van der Waals surface area contributed by atoms with Crippen LogP contribution in [0.4, 0.5) is 0 Å². The molecule has 12 heteroatoms. The third-order valence-corrected chi connectivity index (χ3v) is 10.3. The predicted octanol–water partition coefficient (Wildman–Crippen LogP) is -1.99. The highest BCUT2D eigenvalue weighted by Gasteiger charge is 2.71. The minimum atomic E-state index is -5.02. The van der Waals surface area contributed by atoms with Gasteiger partial charge in [-0.1, -0.05) is 0 Å². The van der Waals surface area contributed by atoms with Crippen LogP contribution in [0.1, 0.15) is 0 Å². The normalized spacial score (nSPS) is 14.7. The Morgan fingerprint density at radius 2 is 1.00 bits per heavy atom. The fourth-order valence-electron chi connectivity index (χ4n) is 1.23. The summed E-state index contributed by atoms with van der Waals surface area (Å²) in [5.41, 5.74) is 0. The molecule has 0 saturated carbocycles. The fraction of sp³-hybridized carbons (Fsp3) is 1.00. The van der Waals surface area contributed by atoms with E-state index in [-0.39, 0.29) is 18.8 Å². The van der Waals surface area contributed by atoms with Crippen molar-refractivity contribution in [3.8, 4) is 0 Å². The minimum absolute atomic E-state index is 0.178. The van der Waals surface area contributed by atoms with E-state index in [0.29, 0.717) is 0 Å². The molecule has 0 heterocycles. The zero-order chi connectivity index (χ0) is 13.6. The van der Waals surface area contributed by atoms with Crippen molar-refractivity contribution < 1.29 is 30.2 Å². The summed E-state index contributed by atoms with van der Waals surface area (Å²) in [5, 5.41) is 10.6. The van der Waals surface area contributed by atoms with Gasteiger partial charge in [-0.05, 0) is 0 Å². The molecule has 0 bridgehead atoms. The van der Waals surface area contributed by atoms with Gasteiger partial charge in [0.15, 0.2) is 0 Å². The quantitative estimate of drug-likeness (QED) is 0.428. The molecule has 0 N–H and O–H groups in total. The maximum absolute atomic E-state index is 11.2. The molecule has 0 amide bonds. The van der Waals surface area contributed by atoms with Crippen molar-refractivity contribution in [3.05, 3.63) is 10.1 Å². The average Bonchev–Trinajstić information content (AvgIpc) is 1.71. The van der Waals surface area contributed by atoms with Gasteiger partial charge in [-0.25, -0.2) is 25.3 Å². The molecule has 0 atom stereocenters. The molecule has 0 aliphatic rings. The largest absolute Gasteiger partial charge is 0.511 e. The molecule has 0 aromatic carbocycles. The molecule has 0 aliphatic heterocycles. The third kappa shape index (κ3) is 1.91. The van der Waals surface area contributed by atoms with Crippen molar-refractivity contribution in [1.82, 2.24) is 0 Å². The number of nitrogens with zero attached hydrogens (tertiary/aromatic N) is 1. The van der Waals surface area contributed by atoms with Crippen molar-refractivity contribution >= 4 is 29.5 Å². The standard InChI is InChI=1S/C4H9NO8S3/c1-14(8,9)4(5(6)7,15(2,10)11)16(3,12)13/h1-3H3. The molecule has 0 saturated heterocycles. The van der Waals surface area contributed by atoms with E-state index in [1.165, 1.54) is 0 Å². The van der Waals surface area contributed by atoms with Crippen LogP contribution in [0.15, 0.2) is 0 Å². The lowest BCUT2D eigenvalue weighted by Gasteiger charge is -2.19. The summed E-state index contributed by atoms with van der Waals surface area (Å²) < 4.78 is 63.1. The van der Waals surface area contributed by atoms with Crippen LogP contribution >= 0.6 is 0 Å². The summed E-state index contributed by atoms with van der Waals surface area (Å²) in [7, 11) is -15.0. The Balaban J connectivity index is 6.96. The lowest BCUT2D eigenvalue weighted by atomic mass is 11.4. The summed E-state index contributed by atoms with van der Waals surface area (Å²) in [4.78, 5) is 8.80. The van der Waals surface area contributed by atoms with E-state index in [1.807, 2.05) is 0 Å². The van der Waals surface area contributed by atoms with Gasteiger partial charge in [-0.2, -0.15) is 0 Å². The first-order valence-electron chi connectivity index (χ1n) is 3.43. The van der Waals surface area contributed by atoms with Crippen LogP contribution in [0.25, 0.3) is 0 Å². The van der Waals surface area contributed by atoms with Crippen molar-refractivity contribution in [1.29, 1.82) is 0 Å². The van der Waals surface area contributed by atoms with Crippen LogP contribution < -0.4 is 0 Å². The van der Waals surface area contributed by atoms with Gasteiger partial charge in [0.05, 0.1) is 4.92 Å². The molecule has 0 aromatic rings. The molecule has 0 rings (SSSR count). The maximum atomic E-state index is 11.2. The van der Waals surface area contributed by atoms with Gasteiger partial charge in [-0.3, -0.25) is 10.1 Å².